The van der Waals surface area contributed by atoms with Gasteiger partial charge in [-0.15, -0.1) is 0 Å². The minimum absolute atomic E-state index is 0.211. The molecule has 2 atom stereocenters. The minimum Gasteiger partial charge on any atom is -0.478 e. The van der Waals surface area contributed by atoms with Gasteiger partial charge >= 0.3 is 5.97 Å². The van der Waals surface area contributed by atoms with Crippen LogP contribution in [0.25, 0.3) is 0 Å². The lowest BCUT2D eigenvalue weighted by molar-refractivity contribution is -0.131. The molecule has 0 amide bonds. The van der Waals surface area contributed by atoms with Crippen LogP contribution >= 0.6 is 11.6 Å². The molecule has 136 valence electrons. The topological polar surface area (TPSA) is 83.5 Å². The summed E-state index contributed by atoms with van der Waals surface area (Å²) in [7, 11) is -3.78. The lowest BCUT2D eigenvalue weighted by atomic mass is 10.1. The van der Waals surface area contributed by atoms with Crippen LogP contribution in [0.5, 0.6) is 0 Å². The molecule has 26 heavy (non-hydrogen) atoms. The van der Waals surface area contributed by atoms with Gasteiger partial charge in [0.15, 0.2) is 9.84 Å². The predicted molar refractivity (Wildman–Crippen MR) is 101 cm³/mol. The summed E-state index contributed by atoms with van der Waals surface area (Å²) in [5.74, 6) is -1.14. The molecule has 0 radical (unpaired) electrons. The number of fused-ring (bicyclic) bond motifs is 1. The Kier molecular flexibility index (Phi) is 4.82. The smallest absolute Gasteiger partial charge is 0.328 e. The highest BCUT2D eigenvalue weighted by molar-refractivity contribution is 7.91. The number of anilines is 1. The number of aryl methyl sites for hydroxylation is 2. The van der Waals surface area contributed by atoms with Gasteiger partial charge in [0.1, 0.15) is 5.25 Å². The van der Waals surface area contributed by atoms with Crippen molar-refractivity contribution in [3.05, 3.63) is 70.3 Å². The fourth-order valence-corrected chi connectivity index (χ4v) is 5.54. The first kappa shape index (κ1) is 18.5. The van der Waals surface area contributed by atoms with Gasteiger partial charge in [0.2, 0.25) is 0 Å². The van der Waals surface area contributed by atoms with Crippen LogP contribution in [0.1, 0.15) is 21.9 Å². The number of nitrogens with one attached hydrogen (secondary N) is 1. The number of benzene rings is 2. The molecule has 2 aromatic rings. The Hall–Kier alpha value is -2.31. The summed E-state index contributed by atoms with van der Waals surface area (Å²) in [6.07, 6.45) is 2.32. The molecule has 1 heterocycles. The van der Waals surface area contributed by atoms with Crippen molar-refractivity contribution in [3.8, 4) is 0 Å². The molecule has 0 saturated heterocycles. The van der Waals surface area contributed by atoms with Crippen molar-refractivity contribution >= 4 is 33.1 Å². The van der Waals surface area contributed by atoms with Gasteiger partial charge in [-0.05, 0) is 60.9 Å². The first-order chi connectivity index (χ1) is 12.2. The molecule has 0 aliphatic carbocycles. The molecule has 2 aromatic carbocycles. The quantitative estimate of drug-likeness (QED) is 0.772. The number of hydrogen-bond acceptors (Lipinski definition) is 4. The number of carboxylic acids is 1. The number of rotatable bonds is 4. The van der Waals surface area contributed by atoms with Gasteiger partial charge in [-0.3, -0.25) is 0 Å². The Labute approximate surface area is 157 Å². The summed E-state index contributed by atoms with van der Waals surface area (Å²) in [6.45, 7) is 3.68. The minimum atomic E-state index is -3.78. The fraction of sp³-hybridized carbons (Fsp3) is 0.211. The van der Waals surface area contributed by atoms with E-state index in [0.717, 1.165) is 17.2 Å². The van der Waals surface area contributed by atoms with E-state index in [2.05, 4.69) is 5.32 Å². The van der Waals surface area contributed by atoms with Crippen LogP contribution in [0.15, 0.2) is 53.4 Å². The van der Waals surface area contributed by atoms with Gasteiger partial charge in [-0.1, -0.05) is 23.7 Å². The molecule has 0 bridgehead atoms. The molecule has 0 spiro atoms. The monoisotopic (exact) mass is 391 g/mol. The standard InChI is InChI=1S/C19H18ClNO4S/c1-11-7-12(2)9-14(8-11)26(24,25)19-15-10-13(20)3-4-16(15)21-17(19)5-6-18(22)23/h3-10,17,19,21H,1-2H3,(H,22,23)/b6-5+. The van der Waals surface area contributed by atoms with Crippen molar-refractivity contribution < 1.29 is 18.3 Å². The fourth-order valence-electron chi connectivity index (χ4n) is 3.29. The van der Waals surface area contributed by atoms with E-state index in [4.69, 9.17) is 16.7 Å². The third-order valence-corrected chi connectivity index (χ3v) is 6.62. The number of sulfone groups is 1. The average Bonchev–Trinajstić information content (AvgIpc) is 2.90. The first-order valence-electron chi connectivity index (χ1n) is 7.98. The third-order valence-electron chi connectivity index (χ3n) is 4.27. The van der Waals surface area contributed by atoms with Crippen molar-refractivity contribution in [1.29, 1.82) is 0 Å². The predicted octanol–water partition coefficient (Wildman–Crippen LogP) is 3.91. The second-order valence-corrected chi connectivity index (χ2v) is 8.89. The van der Waals surface area contributed by atoms with Gasteiger partial charge in [0.05, 0.1) is 10.9 Å². The Morgan fingerprint density at radius 3 is 2.42 bits per heavy atom. The molecule has 1 aliphatic heterocycles. The molecule has 0 aromatic heterocycles. The highest BCUT2D eigenvalue weighted by Crippen LogP contribution is 2.44. The first-order valence-corrected chi connectivity index (χ1v) is 9.90. The summed E-state index contributed by atoms with van der Waals surface area (Å²) in [5.41, 5.74) is 2.86. The van der Waals surface area contributed by atoms with Crippen molar-refractivity contribution in [1.82, 2.24) is 0 Å². The zero-order valence-corrected chi connectivity index (χ0v) is 15.8. The number of carboxylic acid groups (broad SMARTS) is 1. The van der Waals surface area contributed by atoms with Gasteiger partial charge < -0.3 is 10.4 Å². The zero-order valence-electron chi connectivity index (χ0n) is 14.2. The number of hydrogen-bond donors (Lipinski definition) is 2. The molecule has 0 saturated carbocycles. The molecule has 0 fully saturated rings. The average molecular weight is 392 g/mol. The molecule has 2 unspecified atom stereocenters. The largest absolute Gasteiger partial charge is 0.478 e. The summed E-state index contributed by atoms with van der Waals surface area (Å²) in [6, 6.07) is 9.44. The summed E-state index contributed by atoms with van der Waals surface area (Å²) in [5, 5.41) is 11.5. The molecular weight excluding hydrogens is 374 g/mol. The van der Waals surface area contributed by atoms with E-state index >= 15 is 0 Å². The van der Waals surface area contributed by atoms with E-state index in [1.165, 1.54) is 6.08 Å². The lowest BCUT2D eigenvalue weighted by Crippen LogP contribution is -2.25. The van der Waals surface area contributed by atoms with E-state index in [-0.39, 0.29) is 4.90 Å². The Balaban J connectivity index is 2.16. The Bertz CT molecular complexity index is 994. The van der Waals surface area contributed by atoms with E-state index in [0.29, 0.717) is 16.3 Å². The van der Waals surface area contributed by atoms with E-state index in [1.54, 1.807) is 30.3 Å². The zero-order chi connectivity index (χ0) is 19.1. The summed E-state index contributed by atoms with van der Waals surface area (Å²) >= 11 is 6.08. The lowest BCUT2D eigenvalue weighted by Gasteiger charge is -2.19. The van der Waals surface area contributed by atoms with Crippen LogP contribution < -0.4 is 5.32 Å². The second kappa shape index (κ2) is 6.78. The van der Waals surface area contributed by atoms with Crippen LogP contribution in [-0.4, -0.2) is 25.5 Å². The van der Waals surface area contributed by atoms with Gasteiger partial charge in [0, 0.05) is 16.8 Å². The summed E-state index contributed by atoms with van der Waals surface area (Å²) < 4.78 is 26.8. The van der Waals surface area contributed by atoms with E-state index in [1.807, 2.05) is 19.9 Å². The summed E-state index contributed by atoms with van der Waals surface area (Å²) in [4.78, 5) is 11.1. The Morgan fingerprint density at radius 2 is 1.81 bits per heavy atom. The molecule has 2 N–H and O–H groups in total. The maximum Gasteiger partial charge on any atom is 0.328 e. The normalized spacial score (nSPS) is 19.3. The van der Waals surface area contributed by atoms with Crippen molar-refractivity contribution in [3.63, 3.8) is 0 Å². The highest BCUT2D eigenvalue weighted by Gasteiger charge is 2.41. The maximum absolute atomic E-state index is 13.4. The number of carbonyl (C=O) groups is 1. The van der Waals surface area contributed by atoms with Gasteiger partial charge in [0.25, 0.3) is 0 Å². The van der Waals surface area contributed by atoms with Crippen molar-refractivity contribution in [2.75, 3.05) is 5.32 Å². The third kappa shape index (κ3) is 3.48. The van der Waals surface area contributed by atoms with E-state index < -0.39 is 27.1 Å². The van der Waals surface area contributed by atoms with E-state index in [9.17, 15) is 13.2 Å². The van der Waals surface area contributed by atoms with Crippen LogP contribution in [0.3, 0.4) is 0 Å². The van der Waals surface area contributed by atoms with Crippen LogP contribution in [-0.2, 0) is 14.6 Å². The van der Waals surface area contributed by atoms with Gasteiger partial charge in [-0.2, -0.15) is 0 Å². The van der Waals surface area contributed by atoms with Gasteiger partial charge in [-0.25, -0.2) is 13.2 Å². The van der Waals surface area contributed by atoms with Crippen molar-refractivity contribution in [2.24, 2.45) is 0 Å². The molecular formula is C19H18ClNO4S. The van der Waals surface area contributed by atoms with Crippen molar-refractivity contribution in [2.45, 2.75) is 30.0 Å². The van der Waals surface area contributed by atoms with Crippen LogP contribution in [0, 0.1) is 13.8 Å². The molecule has 7 heteroatoms. The highest BCUT2D eigenvalue weighted by atomic mass is 35.5. The maximum atomic E-state index is 13.4. The molecule has 3 rings (SSSR count). The molecule has 1 aliphatic rings. The SMILES string of the molecule is Cc1cc(C)cc(S(=O)(=O)C2c3cc(Cl)ccc3NC2/C=C/C(=O)O)c1. The molecule has 5 nitrogen and oxygen atoms in total. The second-order valence-electron chi connectivity index (χ2n) is 6.39. The van der Waals surface area contributed by atoms with Crippen LogP contribution in [0.4, 0.5) is 5.69 Å². The number of halogens is 1. The Morgan fingerprint density at radius 1 is 1.15 bits per heavy atom. The number of aliphatic carboxylic acids is 1. The van der Waals surface area contributed by atoms with Crippen LogP contribution in [0.2, 0.25) is 5.02 Å².